The monoisotopic (exact) mass is 454 g/mol. The maximum atomic E-state index is 12.4. The summed E-state index contributed by atoms with van der Waals surface area (Å²) in [7, 11) is 0. The highest BCUT2D eigenvalue weighted by atomic mass is 19.4. The normalized spacial score (nSPS) is 15.8. The van der Waals surface area contributed by atoms with Crippen LogP contribution in [0, 0.1) is 12.8 Å². The molecule has 1 saturated heterocycles. The lowest BCUT2D eigenvalue weighted by molar-refractivity contribution is -0.123. The van der Waals surface area contributed by atoms with Gasteiger partial charge in [-0.05, 0) is 64.2 Å². The Labute approximate surface area is 184 Å². The molecule has 0 atom stereocenters. The third kappa shape index (κ3) is 6.14. The summed E-state index contributed by atoms with van der Waals surface area (Å²) in [6.45, 7) is 7.74. The number of hydrogen-bond acceptors (Lipinski definition) is 4. The van der Waals surface area contributed by atoms with Crippen molar-refractivity contribution in [3.8, 4) is 0 Å². The number of aromatic nitrogens is 2. The van der Waals surface area contributed by atoms with Gasteiger partial charge in [0.05, 0.1) is 5.52 Å². The Balaban J connectivity index is 1.63. The van der Waals surface area contributed by atoms with Crippen LogP contribution in [0.4, 0.5) is 18.0 Å². The van der Waals surface area contributed by atoms with Crippen LogP contribution >= 0.6 is 0 Å². The number of nitrogens with zero attached hydrogens (tertiary/aromatic N) is 3. The number of rotatable bonds is 4. The minimum atomic E-state index is -4.46. The van der Waals surface area contributed by atoms with Crippen molar-refractivity contribution >= 4 is 22.9 Å². The van der Waals surface area contributed by atoms with Crippen molar-refractivity contribution in [1.82, 2.24) is 20.0 Å². The van der Waals surface area contributed by atoms with Gasteiger partial charge in [-0.3, -0.25) is 9.48 Å². The van der Waals surface area contributed by atoms with Gasteiger partial charge in [0.25, 0.3) is 5.91 Å². The summed E-state index contributed by atoms with van der Waals surface area (Å²) >= 11 is 0. The number of aryl methyl sites for hydroxylation is 1. The van der Waals surface area contributed by atoms with Crippen molar-refractivity contribution in [3.63, 3.8) is 0 Å². The first-order valence-electron chi connectivity index (χ1n) is 10.6. The van der Waals surface area contributed by atoms with Crippen LogP contribution < -0.4 is 5.32 Å². The molecule has 3 rings (SSSR count). The Hall–Kier alpha value is -2.78. The Morgan fingerprint density at radius 3 is 2.44 bits per heavy atom. The molecule has 2 aromatic rings. The number of nitrogens with one attached hydrogen (secondary N) is 1. The third-order valence-corrected chi connectivity index (χ3v) is 5.41. The molecule has 0 unspecified atom stereocenters. The highest BCUT2D eigenvalue weighted by Gasteiger charge is 2.29. The van der Waals surface area contributed by atoms with Crippen molar-refractivity contribution in [2.24, 2.45) is 5.92 Å². The van der Waals surface area contributed by atoms with Crippen LogP contribution in [0.5, 0.6) is 0 Å². The molecular formula is C22H29F3N4O3. The van der Waals surface area contributed by atoms with Crippen molar-refractivity contribution in [2.45, 2.75) is 58.9 Å². The van der Waals surface area contributed by atoms with E-state index >= 15 is 0 Å². The molecule has 0 bridgehead atoms. The Kier molecular flexibility index (Phi) is 6.71. The lowest BCUT2D eigenvalue weighted by atomic mass is 9.97. The van der Waals surface area contributed by atoms with Crippen LogP contribution in [-0.4, -0.2) is 58.1 Å². The summed E-state index contributed by atoms with van der Waals surface area (Å²) in [4.78, 5) is 26.1. The SMILES string of the molecule is Cc1c(C(=O)NCC(F)(F)F)ccc2nn(CC3CCN(C(=O)OC(C)(C)C)CC3)cc12. The molecule has 0 spiro atoms. The molecule has 1 fully saturated rings. The third-order valence-electron chi connectivity index (χ3n) is 5.41. The van der Waals surface area contributed by atoms with Gasteiger partial charge in [-0.1, -0.05) is 0 Å². The number of piperidine rings is 1. The van der Waals surface area contributed by atoms with E-state index in [1.165, 1.54) is 6.07 Å². The topological polar surface area (TPSA) is 76.5 Å². The van der Waals surface area contributed by atoms with Gasteiger partial charge in [0.15, 0.2) is 0 Å². The average Bonchev–Trinajstić information content (AvgIpc) is 3.08. The Morgan fingerprint density at radius 1 is 1.19 bits per heavy atom. The molecule has 1 aromatic carbocycles. The summed E-state index contributed by atoms with van der Waals surface area (Å²) in [5.74, 6) is -0.429. The Morgan fingerprint density at radius 2 is 1.84 bits per heavy atom. The highest BCUT2D eigenvalue weighted by Crippen LogP contribution is 2.25. The smallest absolute Gasteiger partial charge is 0.410 e. The minimum Gasteiger partial charge on any atom is -0.444 e. The number of carbonyl (C=O) groups is 2. The lowest BCUT2D eigenvalue weighted by Gasteiger charge is -2.33. The first-order valence-corrected chi connectivity index (χ1v) is 10.6. The van der Waals surface area contributed by atoms with E-state index in [4.69, 9.17) is 4.74 Å². The van der Waals surface area contributed by atoms with Gasteiger partial charge in [-0.15, -0.1) is 0 Å². The van der Waals surface area contributed by atoms with E-state index in [0.29, 0.717) is 36.6 Å². The second kappa shape index (κ2) is 8.99. The zero-order valence-corrected chi connectivity index (χ0v) is 18.8. The quantitative estimate of drug-likeness (QED) is 0.748. The van der Waals surface area contributed by atoms with E-state index < -0.39 is 24.2 Å². The van der Waals surface area contributed by atoms with Gasteiger partial charge >= 0.3 is 12.3 Å². The molecule has 0 radical (unpaired) electrons. The van der Waals surface area contributed by atoms with Crippen LogP contribution in [0.15, 0.2) is 18.3 Å². The average molecular weight is 454 g/mol. The van der Waals surface area contributed by atoms with E-state index in [-0.39, 0.29) is 11.7 Å². The largest absolute Gasteiger partial charge is 0.444 e. The Bertz CT molecular complexity index is 987. The molecular weight excluding hydrogens is 425 g/mol. The van der Waals surface area contributed by atoms with E-state index in [9.17, 15) is 22.8 Å². The second-order valence-corrected chi connectivity index (χ2v) is 9.23. The maximum Gasteiger partial charge on any atom is 0.410 e. The molecule has 2 amide bonds. The second-order valence-electron chi connectivity index (χ2n) is 9.23. The van der Waals surface area contributed by atoms with Crippen molar-refractivity contribution in [3.05, 3.63) is 29.5 Å². The number of hydrogen-bond donors (Lipinski definition) is 1. The van der Waals surface area contributed by atoms with Crippen LogP contribution in [0.25, 0.3) is 10.9 Å². The van der Waals surface area contributed by atoms with Crippen LogP contribution in [0.2, 0.25) is 0 Å². The molecule has 10 heteroatoms. The standard InChI is InChI=1S/C22H29F3N4O3/c1-14-16(19(30)26-13-22(23,24)25)5-6-18-17(14)12-29(27-18)11-15-7-9-28(10-8-15)20(31)32-21(2,3)4/h5-6,12,15H,7-11,13H2,1-4H3,(H,26,30). The van der Waals surface area contributed by atoms with Gasteiger partial charge < -0.3 is 15.0 Å². The summed E-state index contributed by atoms with van der Waals surface area (Å²) in [5, 5.41) is 7.20. The number of halogens is 3. The first kappa shape index (κ1) is 23.9. The van der Waals surface area contributed by atoms with Gasteiger partial charge in [0.2, 0.25) is 0 Å². The number of carbonyl (C=O) groups excluding carboxylic acids is 2. The van der Waals surface area contributed by atoms with Gasteiger partial charge in [0, 0.05) is 36.8 Å². The number of ether oxygens (including phenoxy) is 1. The predicted octanol–water partition coefficient (Wildman–Crippen LogP) is 4.28. The van der Waals surface area contributed by atoms with E-state index in [0.717, 1.165) is 18.2 Å². The zero-order valence-electron chi connectivity index (χ0n) is 18.8. The first-order chi connectivity index (χ1) is 14.8. The lowest BCUT2D eigenvalue weighted by Crippen LogP contribution is -2.42. The van der Waals surface area contributed by atoms with Crippen molar-refractivity contribution in [1.29, 1.82) is 0 Å². The minimum absolute atomic E-state index is 0.201. The molecule has 2 heterocycles. The molecule has 7 nitrogen and oxygen atoms in total. The van der Waals surface area contributed by atoms with Crippen molar-refractivity contribution in [2.75, 3.05) is 19.6 Å². The fourth-order valence-electron chi connectivity index (χ4n) is 3.79. The van der Waals surface area contributed by atoms with Crippen LogP contribution in [0.1, 0.15) is 49.5 Å². The number of benzene rings is 1. The molecule has 0 aliphatic carbocycles. The maximum absolute atomic E-state index is 12.4. The summed E-state index contributed by atoms with van der Waals surface area (Å²) in [6.07, 6.45) is -1.30. The fourth-order valence-corrected chi connectivity index (χ4v) is 3.79. The van der Waals surface area contributed by atoms with Crippen LogP contribution in [-0.2, 0) is 11.3 Å². The summed E-state index contributed by atoms with van der Waals surface area (Å²) in [6, 6.07) is 3.15. The predicted molar refractivity (Wildman–Crippen MR) is 113 cm³/mol. The van der Waals surface area contributed by atoms with Gasteiger partial charge in [-0.25, -0.2) is 4.79 Å². The number of likely N-dealkylation sites (tertiary alicyclic amines) is 1. The molecule has 1 aliphatic heterocycles. The van der Waals surface area contributed by atoms with Gasteiger partial charge in [-0.2, -0.15) is 18.3 Å². The molecule has 0 saturated carbocycles. The molecule has 32 heavy (non-hydrogen) atoms. The zero-order chi connectivity index (χ0) is 23.7. The summed E-state index contributed by atoms with van der Waals surface area (Å²) in [5.41, 5.74) is 0.949. The number of fused-ring (bicyclic) bond motifs is 1. The van der Waals surface area contributed by atoms with Crippen molar-refractivity contribution < 1.29 is 27.5 Å². The van der Waals surface area contributed by atoms with E-state index in [1.54, 1.807) is 17.9 Å². The van der Waals surface area contributed by atoms with Gasteiger partial charge in [0.1, 0.15) is 12.1 Å². The number of alkyl halides is 3. The summed E-state index contributed by atoms with van der Waals surface area (Å²) < 4.78 is 44.4. The molecule has 1 aliphatic rings. The van der Waals surface area contributed by atoms with E-state index in [1.807, 2.05) is 37.0 Å². The molecule has 1 aromatic heterocycles. The fraction of sp³-hybridized carbons (Fsp3) is 0.591. The van der Waals surface area contributed by atoms with E-state index in [2.05, 4.69) is 5.10 Å². The highest BCUT2D eigenvalue weighted by molar-refractivity contribution is 6.00. The molecule has 1 N–H and O–H groups in total. The van der Waals surface area contributed by atoms with Crippen LogP contribution in [0.3, 0.4) is 0 Å². The number of amides is 2. The molecule has 176 valence electrons.